The number of unbranched alkanes of at least 4 members (excludes halogenated alkanes) is 33. The summed E-state index contributed by atoms with van der Waals surface area (Å²) in [5.74, 6) is -0.654. The SMILES string of the molecule is CCCCCCCCCCCCCC(=O)OC[C@H](COP(=O)(O)OC[C@@H](O)COP(=O)(O)OC[C@@H](COC(=O)CCCCCCC)OC(=O)CCCCCCCCCC(C)C)OC(=O)CCCCCCCCCCCCCCCCC(C)C. The monoisotopic (exact) mass is 1230 g/mol. The fourth-order valence-corrected chi connectivity index (χ4v) is 11.1. The molecule has 0 aromatic carbocycles. The van der Waals surface area contributed by atoms with Crippen molar-refractivity contribution in [1.29, 1.82) is 0 Å². The number of carbonyl (C=O) groups excluding carboxylic acids is 4. The molecule has 0 saturated carbocycles. The molecular weight excluding hydrogens is 1100 g/mol. The molecular formula is C64H124O17P2. The molecule has 0 saturated heterocycles. The van der Waals surface area contributed by atoms with E-state index in [1.807, 2.05) is 0 Å². The summed E-state index contributed by atoms with van der Waals surface area (Å²) in [6, 6.07) is 0. The van der Waals surface area contributed by atoms with Crippen LogP contribution in [0, 0.1) is 11.8 Å². The molecule has 17 nitrogen and oxygen atoms in total. The second kappa shape index (κ2) is 56.6. The Bertz CT molecular complexity index is 1630. The van der Waals surface area contributed by atoms with Crippen LogP contribution in [0.2, 0.25) is 0 Å². The van der Waals surface area contributed by atoms with E-state index in [0.717, 1.165) is 102 Å². The van der Waals surface area contributed by atoms with E-state index < -0.39 is 97.5 Å². The van der Waals surface area contributed by atoms with Gasteiger partial charge in [0.05, 0.1) is 26.4 Å². The Labute approximate surface area is 505 Å². The number of esters is 4. The number of phosphoric ester groups is 2. The lowest BCUT2D eigenvalue weighted by Crippen LogP contribution is -2.30. The van der Waals surface area contributed by atoms with Crippen molar-refractivity contribution in [2.45, 2.75) is 336 Å². The third-order valence-electron chi connectivity index (χ3n) is 14.7. The van der Waals surface area contributed by atoms with Gasteiger partial charge in [0.1, 0.15) is 19.3 Å². The van der Waals surface area contributed by atoms with Crippen LogP contribution in [0.15, 0.2) is 0 Å². The van der Waals surface area contributed by atoms with Crippen molar-refractivity contribution >= 4 is 39.5 Å². The highest BCUT2D eigenvalue weighted by molar-refractivity contribution is 7.47. The van der Waals surface area contributed by atoms with Gasteiger partial charge in [0.15, 0.2) is 12.2 Å². The van der Waals surface area contributed by atoms with Crippen LogP contribution in [0.5, 0.6) is 0 Å². The van der Waals surface area contributed by atoms with Crippen molar-refractivity contribution in [2.75, 3.05) is 39.6 Å². The van der Waals surface area contributed by atoms with E-state index in [2.05, 4.69) is 41.5 Å². The van der Waals surface area contributed by atoms with Crippen molar-refractivity contribution in [3.63, 3.8) is 0 Å². The van der Waals surface area contributed by atoms with Crippen LogP contribution in [0.3, 0.4) is 0 Å². The van der Waals surface area contributed by atoms with Gasteiger partial charge in [-0.05, 0) is 37.5 Å². The first kappa shape index (κ1) is 81.1. The summed E-state index contributed by atoms with van der Waals surface area (Å²) < 4.78 is 67.8. The Kier molecular flexibility index (Phi) is 55.2. The van der Waals surface area contributed by atoms with E-state index >= 15 is 0 Å². The number of aliphatic hydroxyl groups excluding tert-OH is 1. The molecule has 0 rings (SSSR count). The second-order valence-electron chi connectivity index (χ2n) is 24.1. The highest BCUT2D eigenvalue weighted by Gasteiger charge is 2.30. The topological polar surface area (TPSA) is 237 Å². The normalized spacial score (nSPS) is 14.3. The third-order valence-corrected chi connectivity index (χ3v) is 16.6. The van der Waals surface area contributed by atoms with Crippen molar-refractivity contribution in [3.05, 3.63) is 0 Å². The molecule has 0 radical (unpaired) electrons. The van der Waals surface area contributed by atoms with Gasteiger partial charge < -0.3 is 33.8 Å². The Morgan fingerprint density at radius 3 is 0.819 bits per heavy atom. The lowest BCUT2D eigenvalue weighted by Gasteiger charge is -2.21. The summed E-state index contributed by atoms with van der Waals surface area (Å²) in [6.07, 6.45) is 39.4. The van der Waals surface area contributed by atoms with Gasteiger partial charge in [0.2, 0.25) is 0 Å². The standard InChI is InChI=1S/C64H124O17P2/c1-7-9-11-13-14-15-20-24-29-35-41-47-62(67)75-53-60(81-63(68)48-42-36-30-25-22-19-17-16-18-21-23-27-33-38-44-56(3)4)55-79-83(72,73)77-51-58(65)50-76-82(70,71)78-54-59(52-74-61(66)46-40-32-12-10-8-2)80-64(69)49-43-37-31-26-28-34-39-45-57(5)6/h56-60,65H,7-55H2,1-6H3,(H,70,71)(H,72,73)/t58-,59+,60+/m0/s1. The molecule has 19 heteroatoms. The van der Waals surface area contributed by atoms with E-state index in [1.54, 1.807) is 0 Å². The van der Waals surface area contributed by atoms with Crippen LogP contribution >= 0.6 is 15.6 Å². The summed E-state index contributed by atoms with van der Waals surface area (Å²) in [4.78, 5) is 71.9. The minimum absolute atomic E-state index is 0.102. The fraction of sp³-hybridized carbons (Fsp3) is 0.938. The predicted molar refractivity (Wildman–Crippen MR) is 331 cm³/mol. The first-order chi connectivity index (χ1) is 39.9. The minimum Gasteiger partial charge on any atom is -0.462 e. The maximum absolute atomic E-state index is 13.0. The molecule has 0 bridgehead atoms. The van der Waals surface area contributed by atoms with E-state index in [4.69, 9.17) is 37.0 Å². The van der Waals surface area contributed by atoms with E-state index in [9.17, 15) is 43.2 Å². The summed E-state index contributed by atoms with van der Waals surface area (Å²) in [6.45, 7) is 9.36. The Balaban J connectivity index is 5.15. The van der Waals surface area contributed by atoms with Gasteiger partial charge in [0.25, 0.3) is 0 Å². The van der Waals surface area contributed by atoms with Crippen LogP contribution < -0.4 is 0 Å². The first-order valence-corrected chi connectivity index (χ1v) is 36.5. The smallest absolute Gasteiger partial charge is 0.462 e. The highest BCUT2D eigenvalue weighted by Crippen LogP contribution is 2.45. The molecule has 2 unspecified atom stereocenters. The van der Waals surface area contributed by atoms with Crippen LogP contribution in [-0.4, -0.2) is 96.7 Å². The number of ether oxygens (including phenoxy) is 4. The predicted octanol–water partition coefficient (Wildman–Crippen LogP) is 17.7. The number of phosphoric acid groups is 2. The number of rotatable bonds is 63. The fourth-order valence-electron chi connectivity index (χ4n) is 9.53. The Morgan fingerprint density at radius 1 is 0.325 bits per heavy atom. The van der Waals surface area contributed by atoms with E-state index in [1.165, 1.54) is 128 Å². The minimum atomic E-state index is -4.94. The summed E-state index contributed by atoms with van der Waals surface area (Å²) in [5, 5.41) is 10.5. The van der Waals surface area contributed by atoms with Crippen molar-refractivity contribution in [3.8, 4) is 0 Å². The molecule has 0 aliphatic rings. The maximum atomic E-state index is 13.0. The molecule has 0 fully saturated rings. The molecule has 0 aromatic rings. The van der Waals surface area contributed by atoms with Crippen LogP contribution in [0.1, 0.15) is 318 Å². The largest absolute Gasteiger partial charge is 0.472 e. The van der Waals surface area contributed by atoms with Gasteiger partial charge in [-0.15, -0.1) is 0 Å². The Hall–Kier alpha value is -1.94. The molecule has 83 heavy (non-hydrogen) atoms. The zero-order valence-corrected chi connectivity index (χ0v) is 55.3. The van der Waals surface area contributed by atoms with Crippen LogP contribution in [0.4, 0.5) is 0 Å². The number of hydrogen-bond donors (Lipinski definition) is 3. The van der Waals surface area contributed by atoms with Crippen LogP contribution in [-0.2, 0) is 65.4 Å². The molecule has 0 amide bonds. The lowest BCUT2D eigenvalue weighted by molar-refractivity contribution is -0.161. The molecule has 0 aliphatic carbocycles. The van der Waals surface area contributed by atoms with Crippen molar-refractivity contribution in [1.82, 2.24) is 0 Å². The zero-order chi connectivity index (χ0) is 61.5. The lowest BCUT2D eigenvalue weighted by atomic mass is 10.0. The average Bonchev–Trinajstić information content (AvgIpc) is 3.46. The highest BCUT2D eigenvalue weighted by atomic mass is 31.2. The molecule has 0 aromatic heterocycles. The molecule has 3 N–H and O–H groups in total. The summed E-state index contributed by atoms with van der Waals surface area (Å²) in [5.41, 5.74) is 0. The van der Waals surface area contributed by atoms with Crippen LogP contribution in [0.25, 0.3) is 0 Å². The van der Waals surface area contributed by atoms with Crippen molar-refractivity contribution < 1.29 is 80.2 Å². The van der Waals surface area contributed by atoms with Gasteiger partial charge in [0, 0.05) is 25.7 Å². The Morgan fingerprint density at radius 2 is 0.554 bits per heavy atom. The molecule has 0 heterocycles. The zero-order valence-electron chi connectivity index (χ0n) is 53.5. The summed E-state index contributed by atoms with van der Waals surface area (Å²) >= 11 is 0. The number of carbonyl (C=O) groups is 4. The molecule has 0 aliphatic heterocycles. The quantitative estimate of drug-likeness (QED) is 0.0222. The first-order valence-electron chi connectivity index (χ1n) is 33.5. The van der Waals surface area contributed by atoms with Gasteiger partial charge in [-0.2, -0.15) is 0 Å². The third kappa shape index (κ3) is 58.8. The molecule has 0 spiro atoms. The second-order valence-corrected chi connectivity index (χ2v) is 27.0. The number of hydrogen-bond acceptors (Lipinski definition) is 15. The average molecular weight is 1230 g/mol. The van der Waals surface area contributed by atoms with Crippen molar-refractivity contribution in [2.24, 2.45) is 11.8 Å². The van der Waals surface area contributed by atoms with Gasteiger partial charge in [-0.25, -0.2) is 9.13 Å². The van der Waals surface area contributed by atoms with E-state index in [0.29, 0.717) is 31.6 Å². The number of aliphatic hydroxyl groups is 1. The van der Waals surface area contributed by atoms with Gasteiger partial charge >= 0.3 is 39.5 Å². The maximum Gasteiger partial charge on any atom is 0.472 e. The summed E-state index contributed by atoms with van der Waals surface area (Å²) in [7, 11) is -9.88. The molecule has 5 atom stereocenters. The molecule has 492 valence electrons. The van der Waals surface area contributed by atoms with Gasteiger partial charge in [-0.1, -0.05) is 266 Å². The van der Waals surface area contributed by atoms with E-state index in [-0.39, 0.29) is 25.7 Å². The van der Waals surface area contributed by atoms with Gasteiger partial charge in [-0.3, -0.25) is 37.3 Å².